The molecule has 1 aliphatic heterocycles. The first-order valence-corrected chi connectivity index (χ1v) is 13.6. The van der Waals surface area contributed by atoms with Crippen molar-refractivity contribution >= 4 is 44.9 Å². The Labute approximate surface area is 204 Å². The summed E-state index contributed by atoms with van der Waals surface area (Å²) in [6, 6.07) is 14.3. The number of carbonyl (C=O) groups excluding carboxylic acids is 2. The van der Waals surface area contributed by atoms with Gasteiger partial charge in [0, 0.05) is 28.8 Å². The van der Waals surface area contributed by atoms with Gasteiger partial charge in [-0.2, -0.15) is 0 Å². The van der Waals surface area contributed by atoms with Crippen molar-refractivity contribution in [3.8, 4) is 0 Å². The fourth-order valence-corrected chi connectivity index (χ4v) is 6.51. The van der Waals surface area contributed by atoms with Crippen LogP contribution in [0.5, 0.6) is 0 Å². The molecule has 2 aromatic rings. The van der Waals surface area contributed by atoms with Crippen molar-refractivity contribution in [1.29, 1.82) is 0 Å². The lowest BCUT2D eigenvalue weighted by atomic mass is 9.74. The molecule has 1 saturated heterocycles. The quantitative estimate of drug-likeness (QED) is 0.611. The van der Waals surface area contributed by atoms with E-state index in [1.54, 1.807) is 23.1 Å². The van der Waals surface area contributed by atoms with Gasteiger partial charge in [0.15, 0.2) is 15.1 Å². The third-order valence-corrected chi connectivity index (χ3v) is 8.54. The molecule has 1 aliphatic carbocycles. The summed E-state index contributed by atoms with van der Waals surface area (Å²) in [6.07, 6.45) is 3.14. The third kappa shape index (κ3) is 5.20. The number of rotatable bonds is 7. The molecule has 9 heteroatoms. The van der Waals surface area contributed by atoms with Crippen LogP contribution >= 0.6 is 23.2 Å². The maximum atomic E-state index is 13.8. The standard InChI is InChI=1S/C24H26Cl2N2O4S/c1-33(31,32)22(23(27)29)20-12-19(16-3-2-4-18(26)11-16)21(15-7-9-17(25)10-8-15)28(24(20)30)13-14-5-6-14/h2-4,7-11,14,19-22H,5-6,12-13H2,1H3,(H2,27,29). The molecule has 4 rings (SSSR count). The van der Waals surface area contributed by atoms with Crippen LogP contribution in [-0.2, 0) is 19.4 Å². The summed E-state index contributed by atoms with van der Waals surface area (Å²) in [5, 5.41) is -0.462. The van der Waals surface area contributed by atoms with Gasteiger partial charge in [0.05, 0.1) is 12.0 Å². The second-order valence-corrected chi connectivity index (χ2v) is 12.1. The van der Waals surface area contributed by atoms with Gasteiger partial charge in [-0.05, 0) is 60.6 Å². The van der Waals surface area contributed by atoms with Gasteiger partial charge >= 0.3 is 0 Å². The SMILES string of the molecule is CS(=O)(=O)C(C(N)=O)C1CC(c2cccc(Cl)c2)C(c2ccc(Cl)cc2)N(CC2CC2)C1=O. The first-order valence-electron chi connectivity index (χ1n) is 10.9. The Morgan fingerprint density at radius 3 is 2.30 bits per heavy atom. The van der Waals surface area contributed by atoms with E-state index in [2.05, 4.69) is 0 Å². The van der Waals surface area contributed by atoms with Crippen LogP contribution in [0.1, 0.15) is 42.3 Å². The number of halogens is 2. The normalized spacial score (nSPS) is 24.5. The molecular weight excluding hydrogens is 483 g/mol. The molecule has 0 spiro atoms. The number of hydrogen-bond acceptors (Lipinski definition) is 4. The van der Waals surface area contributed by atoms with Crippen LogP contribution in [0, 0.1) is 11.8 Å². The molecule has 4 atom stereocenters. The lowest BCUT2D eigenvalue weighted by molar-refractivity contribution is -0.145. The molecule has 33 heavy (non-hydrogen) atoms. The van der Waals surface area contributed by atoms with E-state index in [9.17, 15) is 18.0 Å². The van der Waals surface area contributed by atoms with Gasteiger partial charge in [0.2, 0.25) is 11.8 Å². The summed E-state index contributed by atoms with van der Waals surface area (Å²) in [7, 11) is -3.90. The van der Waals surface area contributed by atoms with Gasteiger partial charge in [0.25, 0.3) is 0 Å². The van der Waals surface area contributed by atoms with Crippen molar-refractivity contribution in [1.82, 2.24) is 4.90 Å². The largest absolute Gasteiger partial charge is 0.369 e. The Bertz CT molecular complexity index is 1170. The van der Waals surface area contributed by atoms with Crippen molar-refractivity contribution in [3.05, 3.63) is 69.7 Å². The van der Waals surface area contributed by atoms with Crippen LogP contribution in [0.4, 0.5) is 0 Å². The summed E-state index contributed by atoms with van der Waals surface area (Å²) in [4.78, 5) is 27.8. The monoisotopic (exact) mass is 508 g/mol. The number of sulfone groups is 1. The number of piperidine rings is 1. The summed E-state index contributed by atoms with van der Waals surface area (Å²) in [5.74, 6) is -2.35. The average Bonchev–Trinajstić information content (AvgIpc) is 3.54. The molecule has 2 aromatic carbocycles. The van der Waals surface area contributed by atoms with Crippen LogP contribution in [0.2, 0.25) is 10.0 Å². The highest BCUT2D eigenvalue weighted by Crippen LogP contribution is 2.48. The molecule has 2 aliphatic rings. The second kappa shape index (κ2) is 9.28. The number of nitrogens with two attached hydrogens (primary N) is 1. The van der Waals surface area contributed by atoms with Crippen LogP contribution in [0.3, 0.4) is 0 Å². The Morgan fingerprint density at radius 1 is 1.09 bits per heavy atom. The number of nitrogens with zero attached hydrogens (tertiary/aromatic N) is 1. The molecule has 1 saturated carbocycles. The van der Waals surface area contributed by atoms with E-state index in [0.29, 0.717) is 22.5 Å². The fraction of sp³-hybridized carbons (Fsp3) is 0.417. The molecule has 2 amide bonds. The maximum absolute atomic E-state index is 13.8. The lowest BCUT2D eigenvalue weighted by Crippen LogP contribution is -2.55. The van der Waals surface area contributed by atoms with Crippen LogP contribution in [-0.4, -0.2) is 43.2 Å². The van der Waals surface area contributed by atoms with E-state index in [1.165, 1.54) is 0 Å². The zero-order valence-electron chi connectivity index (χ0n) is 18.2. The number of amides is 2. The summed E-state index contributed by atoms with van der Waals surface area (Å²) >= 11 is 12.4. The molecule has 0 radical (unpaired) electrons. The highest BCUT2D eigenvalue weighted by Gasteiger charge is 2.50. The predicted octanol–water partition coefficient (Wildman–Crippen LogP) is 3.98. The summed E-state index contributed by atoms with van der Waals surface area (Å²) in [6.45, 7) is 0.495. The summed E-state index contributed by atoms with van der Waals surface area (Å²) < 4.78 is 25.1. The van der Waals surface area contributed by atoms with Crippen LogP contribution in [0.15, 0.2) is 48.5 Å². The van der Waals surface area contributed by atoms with Crippen molar-refractivity contribution in [2.45, 2.75) is 36.5 Å². The molecule has 2 N–H and O–H groups in total. The third-order valence-electron chi connectivity index (χ3n) is 6.57. The molecular formula is C24H26Cl2N2O4S. The first kappa shape index (κ1) is 24.0. The molecule has 0 aromatic heterocycles. The van der Waals surface area contributed by atoms with E-state index in [4.69, 9.17) is 28.9 Å². The maximum Gasteiger partial charge on any atom is 0.236 e. The molecule has 1 heterocycles. The first-order chi connectivity index (χ1) is 15.6. The molecule has 176 valence electrons. The molecule has 4 unspecified atom stereocenters. The van der Waals surface area contributed by atoms with E-state index in [0.717, 1.165) is 30.2 Å². The average molecular weight is 509 g/mol. The zero-order valence-corrected chi connectivity index (χ0v) is 20.5. The Kier molecular flexibility index (Phi) is 6.76. The van der Waals surface area contributed by atoms with Gasteiger partial charge in [-0.25, -0.2) is 8.42 Å². The predicted molar refractivity (Wildman–Crippen MR) is 129 cm³/mol. The second-order valence-electron chi connectivity index (χ2n) is 9.09. The van der Waals surface area contributed by atoms with Crippen LogP contribution < -0.4 is 5.73 Å². The lowest BCUT2D eigenvalue weighted by Gasteiger charge is -2.46. The van der Waals surface area contributed by atoms with E-state index in [-0.39, 0.29) is 24.3 Å². The molecule has 2 fully saturated rings. The van der Waals surface area contributed by atoms with E-state index >= 15 is 0 Å². The Hall–Kier alpha value is -2.09. The molecule has 6 nitrogen and oxygen atoms in total. The number of likely N-dealkylation sites (tertiary alicyclic amines) is 1. The number of primary amides is 1. The topological polar surface area (TPSA) is 97.5 Å². The fourth-order valence-electron chi connectivity index (χ4n) is 4.94. The van der Waals surface area contributed by atoms with E-state index < -0.39 is 26.9 Å². The zero-order chi connectivity index (χ0) is 23.9. The van der Waals surface area contributed by atoms with Crippen LogP contribution in [0.25, 0.3) is 0 Å². The number of carbonyl (C=O) groups is 2. The molecule has 0 bridgehead atoms. The minimum Gasteiger partial charge on any atom is -0.369 e. The Morgan fingerprint density at radius 2 is 1.76 bits per heavy atom. The summed E-state index contributed by atoms with van der Waals surface area (Å²) in [5.41, 5.74) is 7.29. The number of benzene rings is 2. The van der Waals surface area contributed by atoms with Crippen molar-refractivity contribution < 1.29 is 18.0 Å². The highest BCUT2D eigenvalue weighted by atomic mass is 35.5. The van der Waals surface area contributed by atoms with Gasteiger partial charge in [0.1, 0.15) is 0 Å². The van der Waals surface area contributed by atoms with Gasteiger partial charge in [-0.15, -0.1) is 0 Å². The van der Waals surface area contributed by atoms with Crippen molar-refractivity contribution in [3.63, 3.8) is 0 Å². The van der Waals surface area contributed by atoms with Gasteiger partial charge < -0.3 is 10.6 Å². The minimum absolute atomic E-state index is 0.161. The van der Waals surface area contributed by atoms with Gasteiger partial charge in [-0.3, -0.25) is 9.59 Å². The number of hydrogen-bond donors (Lipinski definition) is 1. The highest BCUT2D eigenvalue weighted by molar-refractivity contribution is 7.92. The minimum atomic E-state index is -3.90. The van der Waals surface area contributed by atoms with Crippen molar-refractivity contribution in [2.24, 2.45) is 17.6 Å². The smallest absolute Gasteiger partial charge is 0.236 e. The Balaban J connectivity index is 1.86. The van der Waals surface area contributed by atoms with Crippen molar-refractivity contribution in [2.75, 3.05) is 12.8 Å². The van der Waals surface area contributed by atoms with Gasteiger partial charge in [-0.1, -0.05) is 47.5 Å². The van der Waals surface area contributed by atoms with E-state index in [1.807, 2.05) is 30.3 Å².